The van der Waals surface area contributed by atoms with Crippen LogP contribution >= 0.6 is 17.0 Å². The molecule has 2 aliphatic carbocycles. The number of benzene rings is 2. The molecule has 2 aliphatic rings. The van der Waals surface area contributed by atoms with Crippen LogP contribution in [0.25, 0.3) is 11.1 Å². The average molecular weight is 708 g/mol. The molecule has 0 nitrogen and oxygen atoms in total. The van der Waals surface area contributed by atoms with E-state index in [-0.39, 0.29) is 7.25 Å². The standard InChI is InChI=1S/2C16H23Si.C2H7Si.2ClH.Zr/c2*1-11-7-8-14(10-17(4,5)6)16-13(3)12(2)9-15(11)16;1-3-2;;;/h2*7-9H,10H2,1-6H3;3H,1-2H3;2*1H;/q;;;;;+2/p-2. The van der Waals surface area contributed by atoms with Crippen LogP contribution in [0.2, 0.25) is 52.4 Å². The molecule has 0 radical (unpaired) electrons. The van der Waals surface area contributed by atoms with Crippen LogP contribution in [0.4, 0.5) is 0 Å². The summed E-state index contributed by atoms with van der Waals surface area (Å²) in [5.74, 6) is -1.54. The second-order valence-corrected chi connectivity index (χ2v) is 69.5. The number of aryl methyl sites for hydroxylation is 2. The third kappa shape index (κ3) is 5.21. The molecule has 0 fully saturated rings. The van der Waals surface area contributed by atoms with Gasteiger partial charge in [-0.2, -0.15) is 0 Å². The van der Waals surface area contributed by atoms with E-state index in [1.54, 1.807) is 0 Å². The van der Waals surface area contributed by atoms with E-state index < -0.39 is 37.6 Å². The van der Waals surface area contributed by atoms with E-state index in [1.165, 1.54) is 78.9 Å². The molecule has 6 heteroatoms. The summed E-state index contributed by atoms with van der Waals surface area (Å²) in [7, 11) is 14.6. The van der Waals surface area contributed by atoms with E-state index in [2.05, 4.69) is 118 Å². The monoisotopic (exact) mass is 705 g/mol. The van der Waals surface area contributed by atoms with Crippen molar-refractivity contribution >= 4 is 50.2 Å². The van der Waals surface area contributed by atoms with Crippen LogP contribution in [0.3, 0.4) is 0 Å². The molecule has 0 aromatic heterocycles. The average Bonchev–Trinajstić information content (AvgIpc) is 3.24. The second kappa shape index (κ2) is 10.6. The summed E-state index contributed by atoms with van der Waals surface area (Å²) < 4.78 is 0.374. The second-order valence-electron chi connectivity index (χ2n) is 16.0. The van der Waals surface area contributed by atoms with Crippen LogP contribution in [-0.2, 0) is 27.6 Å². The van der Waals surface area contributed by atoms with Crippen LogP contribution < -0.4 is 0 Å². The molecule has 0 saturated carbocycles. The Morgan fingerprint density at radius 1 is 0.625 bits per heavy atom. The number of hydrogen-bond acceptors (Lipinski definition) is 0. The number of allylic oxidation sites excluding steroid dienone is 4. The normalized spacial score (nSPS) is 20.8. The molecule has 4 rings (SSSR count). The molecular formula is C34H53Cl2Si3Zr. The summed E-state index contributed by atoms with van der Waals surface area (Å²) in [6.07, 6.45) is 0. The first-order valence-electron chi connectivity index (χ1n) is 15.3. The third-order valence-electron chi connectivity index (χ3n) is 10.1. The Labute approximate surface area is 256 Å². The third-order valence-corrected chi connectivity index (χ3v) is 65.1. The van der Waals surface area contributed by atoms with Crippen molar-refractivity contribution in [2.75, 3.05) is 0 Å². The molecule has 40 heavy (non-hydrogen) atoms. The van der Waals surface area contributed by atoms with Crippen molar-refractivity contribution in [2.45, 2.75) is 113 Å². The van der Waals surface area contributed by atoms with Gasteiger partial charge in [-0.3, -0.25) is 0 Å². The van der Waals surface area contributed by atoms with Crippen molar-refractivity contribution in [1.29, 1.82) is 0 Å². The summed E-state index contributed by atoms with van der Waals surface area (Å²) in [6.45, 7) is 34.0. The molecule has 2 aromatic rings. The Hall–Kier alpha value is 0.0338. The van der Waals surface area contributed by atoms with Crippen molar-refractivity contribution in [3.05, 3.63) is 79.9 Å². The molecule has 0 amide bonds. The van der Waals surface area contributed by atoms with Gasteiger partial charge in [0, 0.05) is 0 Å². The SMILES string of the molecule is CC1=C(C)[CH]([Zr]([Cl])([Cl])([CH]2C(C)=C(C)c3c(C[Si](C)(C)C)ccc(C)c32)[SiH](C)C)c2c(C)ccc(C[Si](C)(C)C)c21. The van der Waals surface area contributed by atoms with Gasteiger partial charge in [0.05, 0.1) is 0 Å². The number of fused-ring (bicyclic) bond motifs is 2. The van der Waals surface area contributed by atoms with Gasteiger partial charge >= 0.3 is 259 Å². The maximum absolute atomic E-state index is 8.62. The van der Waals surface area contributed by atoms with Gasteiger partial charge in [-0.25, -0.2) is 0 Å². The fourth-order valence-electron chi connectivity index (χ4n) is 8.08. The Morgan fingerprint density at radius 3 is 1.23 bits per heavy atom. The van der Waals surface area contributed by atoms with Crippen LogP contribution in [0, 0.1) is 13.8 Å². The van der Waals surface area contributed by atoms with Crippen LogP contribution in [0.15, 0.2) is 35.4 Å². The summed E-state index contributed by atoms with van der Waals surface area (Å²) >= 11 is -4.69. The molecule has 0 N–H and O–H groups in total. The van der Waals surface area contributed by atoms with Gasteiger partial charge in [0.25, 0.3) is 0 Å². The molecular weight excluding hydrogens is 655 g/mol. The Morgan fingerprint density at radius 2 is 0.950 bits per heavy atom. The zero-order valence-electron chi connectivity index (χ0n) is 27.7. The first kappa shape index (κ1) is 32.9. The minimum atomic E-state index is -4.69. The maximum atomic E-state index is 8.62. The van der Waals surface area contributed by atoms with Gasteiger partial charge in [-0.15, -0.1) is 0 Å². The number of rotatable bonds is 7. The van der Waals surface area contributed by atoms with Gasteiger partial charge in [0.15, 0.2) is 0 Å². The first-order chi connectivity index (χ1) is 18.1. The van der Waals surface area contributed by atoms with Crippen molar-refractivity contribution in [3.63, 3.8) is 0 Å². The Kier molecular flexibility index (Phi) is 8.72. The van der Waals surface area contributed by atoms with E-state index >= 15 is 0 Å². The molecule has 0 heterocycles. The van der Waals surface area contributed by atoms with Crippen LogP contribution in [0.5, 0.6) is 0 Å². The fraction of sp³-hybridized carbons (Fsp3) is 0.529. The molecule has 0 bridgehead atoms. The van der Waals surface area contributed by atoms with E-state index in [0.29, 0.717) is 0 Å². The zero-order valence-corrected chi connectivity index (χ0v) is 34.8. The van der Waals surface area contributed by atoms with E-state index in [9.17, 15) is 0 Å². The molecule has 2 atom stereocenters. The van der Waals surface area contributed by atoms with Gasteiger partial charge < -0.3 is 0 Å². The topological polar surface area (TPSA) is 0 Å². The molecule has 2 aromatic carbocycles. The van der Waals surface area contributed by atoms with Crippen molar-refractivity contribution in [1.82, 2.24) is 0 Å². The minimum absolute atomic E-state index is 0.187. The number of halogens is 2. The van der Waals surface area contributed by atoms with Gasteiger partial charge in [0.2, 0.25) is 0 Å². The summed E-state index contributed by atoms with van der Waals surface area (Å²) in [5, 5.41) is 0. The van der Waals surface area contributed by atoms with Crippen LogP contribution in [0.1, 0.15) is 79.5 Å². The van der Waals surface area contributed by atoms with Crippen molar-refractivity contribution in [2.24, 2.45) is 0 Å². The van der Waals surface area contributed by atoms with Crippen LogP contribution in [-0.4, -0.2) is 22.1 Å². The fourth-order valence-corrected chi connectivity index (χ4v) is 44.0. The molecule has 0 spiro atoms. The van der Waals surface area contributed by atoms with E-state index in [0.717, 1.165) is 0 Å². The van der Waals surface area contributed by atoms with E-state index in [1.807, 2.05) is 0 Å². The predicted octanol–water partition coefficient (Wildman–Crippen LogP) is 11.5. The summed E-state index contributed by atoms with van der Waals surface area (Å²) in [4.78, 5) is 0. The predicted molar refractivity (Wildman–Crippen MR) is 189 cm³/mol. The zero-order chi connectivity index (χ0) is 30.4. The van der Waals surface area contributed by atoms with E-state index in [4.69, 9.17) is 17.0 Å². The Bertz CT molecular complexity index is 1350. The molecule has 0 aliphatic heterocycles. The van der Waals surface area contributed by atoms with Crippen molar-refractivity contribution in [3.8, 4) is 0 Å². The van der Waals surface area contributed by atoms with Crippen molar-refractivity contribution < 1.29 is 15.6 Å². The number of hydrogen-bond donors (Lipinski definition) is 0. The van der Waals surface area contributed by atoms with Gasteiger partial charge in [-0.05, 0) is 0 Å². The Balaban J connectivity index is 2.07. The molecule has 2 unspecified atom stereocenters. The van der Waals surface area contributed by atoms with Gasteiger partial charge in [-0.1, -0.05) is 0 Å². The molecule has 0 saturated heterocycles. The first-order valence-corrected chi connectivity index (χ1v) is 39.0. The summed E-state index contributed by atoms with van der Waals surface area (Å²) in [6, 6.07) is 12.0. The quantitative estimate of drug-likeness (QED) is 0.251. The summed E-state index contributed by atoms with van der Waals surface area (Å²) in [5.41, 5.74) is 17.7. The molecule has 219 valence electrons. The van der Waals surface area contributed by atoms with Gasteiger partial charge in [0.1, 0.15) is 0 Å².